The standard InChI is InChI=1S/2C2H7Si/c2*1-3-2/h2*3H,1-2H3. The normalized spacial score (nSPS) is 6.00. The molecule has 0 aromatic rings. The molecule has 0 aliphatic heterocycles. The maximum Gasteiger partial charge on any atom is 0.0213 e. The quantitative estimate of drug-likeness (QED) is 0.417. The molecule has 0 aliphatic carbocycles. The van der Waals surface area contributed by atoms with Crippen LogP contribution in [-0.4, -0.2) is 19.0 Å². The minimum Gasteiger partial charge on any atom is -0.0743 e. The molecule has 0 rings (SSSR count). The van der Waals surface area contributed by atoms with E-state index < -0.39 is 0 Å². The lowest BCUT2D eigenvalue weighted by molar-refractivity contribution is 2.14. The van der Waals surface area contributed by atoms with Crippen molar-refractivity contribution in [3.8, 4) is 0 Å². The van der Waals surface area contributed by atoms with Gasteiger partial charge in [-0.1, -0.05) is 26.2 Å². The molecule has 0 fully saturated rings. The summed E-state index contributed by atoms with van der Waals surface area (Å²) in [5.41, 5.74) is 0. The van der Waals surface area contributed by atoms with Crippen LogP contribution in [-0.2, 0) is 0 Å². The third-order valence-electron chi connectivity index (χ3n) is 0. The molecule has 0 unspecified atom stereocenters. The molecule has 0 bridgehead atoms. The van der Waals surface area contributed by atoms with Crippen molar-refractivity contribution in [1.82, 2.24) is 0 Å². The summed E-state index contributed by atoms with van der Waals surface area (Å²) < 4.78 is 0. The molecule has 38 valence electrons. The highest BCUT2D eigenvalue weighted by Gasteiger charge is 1.39. The van der Waals surface area contributed by atoms with Crippen molar-refractivity contribution in [2.45, 2.75) is 26.2 Å². The smallest absolute Gasteiger partial charge is 0.0213 e. The second-order valence-corrected chi connectivity index (χ2v) is 3.46. The minimum absolute atomic E-state index is 0.750. The maximum atomic E-state index is 2.21. The fourth-order valence-electron chi connectivity index (χ4n) is 0. The second-order valence-electron chi connectivity index (χ2n) is 1.15. The van der Waals surface area contributed by atoms with Gasteiger partial charge in [-0.3, -0.25) is 0 Å². The summed E-state index contributed by atoms with van der Waals surface area (Å²) in [6.07, 6.45) is 0. The van der Waals surface area contributed by atoms with Crippen LogP contribution in [0.3, 0.4) is 0 Å². The lowest BCUT2D eigenvalue weighted by atomic mass is 11.9. The zero-order valence-corrected chi connectivity index (χ0v) is 7.46. The summed E-state index contributed by atoms with van der Waals surface area (Å²) in [6.45, 7) is 8.83. The van der Waals surface area contributed by atoms with E-state index >= 15 is 0 Å². The molecule has 0 aliphatic rings. The number of hydrogen-bond acceptors (Lipinski definition) is 0. The zero-order valence-electron chi connectivity index (χ0n) is 5.15. The second kappa shape index (κ2) is 18.0. The van der Waals surface area contributed by atoms with Crippen LogP contribution in [0.2, 0.25) is 26.2 Å². The van der Waals surface area contributed by atoms with E-state index in [1.807, 2.05) is 0 Å². The molecule has 0 atom stereocenters. The molecular formula is C4H14Si2. The van der Waals surface area contributed by atoms with Crippen molar-refractivity contribution >= 4 is 19.0 Å². The van der Waals surface area contributed by atoms with Crippen molar-refractivity contribution in [2.75, 3.05) is 0 Å². The van der Waals surface area contributed by atoms with E-state index in [1.54, 1.807) is 0 Å². The monoisotopic (exact) mass is 118 g/mol. The summed E-state index contributed by atoms with van der Waals surface area (Å²) in [5.74, 6) is 0. The molecule has 0 amide bonds. The number of rotatable bonds is 0. The first-order chi connectivity index (χ1) is 2.83. The van der Waals surface area contributed by atoms with Crippen LogP contribution in [0.5, 0.6) is 0 Å². The predicted octanol–water partition coefficient (Wildman–Crippen LogP) is 1.04. The Kier molecular flexibility index (Phi) is 29.0. The van der Waals surface area contributed by atoms with Gasteiger partial charge in [-0.15, -0.1) is 0 Å². The molecule has 6 heavy (non-hydrogen) atoms. The van der Waals surface area contributed by atoms with Gasteiger partial charge in [0, 0.05) is 19.0 Å². The van der Waals surface area contributed by atoms with E-state index in [9.17, 15) is 0 Å². The third-order valence-corrected chi connectivity index (χ3v) is 0. The summed E-state index contributed by atoms with van der Waals surface area (Å²) in [5, 5.41) is 0. The molecule has 0 aromatic heterocycles. The Morgan fingerprint density at radius 1 is 0.667 bits per heavy atom. The molecule has 0 nitrogen and oxygen atoms in total. The van der Waals surface area contributed by atoms with Gasteiger partial charge in [0.1, 0.15) is 0 Å². The van der Waals surface area contributed by atoms with E-state index in [2.05, 4.69) is 26.2 Å². The molecule has 0 aromatic carbocycles. The van der Waals surface area contributed by atoms with Crippen LogP contribution >= 0.6 is 0 Å². The van der Waals surface area contributed by atoms with Gasteiger partial charge in [0.2, 0.25) is 0 Å². The minimum atomic E-state index is 0.750. The van der Waals surface area contributed by atoms with Gasteiger partial charge in [-0.25, -0.2) is 0 Å². The SMILES string of the molecule is C[SiH]C.C[SiH]C. The maximum absolute atomic E-state index is 2.21. The Morgan fingerprint density at radius 2 is 0.667 bits per heavy atom. The first kappa shape index (κ1) is 9.66. The molecule has 0 spiro atoms. The average Bonchev–Trinajstić information content (AvgIpc) is 1.39. The molecule has 0 heterocycles. The highest BCUT2D eigenvalue weighted by Crippen LogP contribution is 1.37. The Labute approximate surface area is 46.0 Å². The van der Waals surface area contributed by atoms with Crippen molar-refractivity contribution in [2.24, 2.45) is 0 Å². The van der Waals surface area contributed by atoms with Crippen molar-refractivity contribution < 1.29 is 0 Å². The van der Waals surface area contributed by atoms with Crippen LogP contribution in [0, 0.1) is 0 Å². The Bertz CT molecular complexity index is 7.51. The molecule has 2 radical (unpaired) electrons. The van der Waals surface area contributed by atoms with Crippen LogP contribution in [0.4, 0.5) is 0 Å². The highest BCUT2D eigenvalue weighted by atomic mass is 28.2. The van der Waals surface area contributed by atoms with E-state index in [0.29, 0.717) is 0 Å². The van der Waals surface area contributed by atoms with E-state index in [4.69, 9.17) is 0 Å². The lowest BCUT2D eigenvalue weighted by Gasteiger charge is -1.44. The molecule has 0 N–H and O–H groups in total. The van der Waals surface area contributed by atoms with Crippen LogP contribution in [0.25, 0.3) is 0 Å². The van der Waals surface area contributed by atoms with Gasteiger partial charge >= 0.3 is 0 Å². The van der Waals surface area contributed by atoms with Gasteiger partial charge in [0.25, 0.3) is 0 Å². The van der Waals surface area contributed by atoms with Gasteiger partial charge in [-0.05, 0) is 0 Å². The molecule has 0 saturated carbocycles. The third kappa shape index (κ3) is 278. The Morgan fingerprint density at radius 3 is 0.667 bits per heavy atom. The summed E-state index contributed by atoms with van der Waals surface area (Å²) >= 11 is 0. The van der Waals surface area contributed by atoms with Crippen molar-refractivity contribution in [3.05, 3.63) is 0 Å². The first-order valence-electron chi connectivity index (χ1n) is 2.31. The van der Waals surface area contributed by atoms with Gasteiger partial charge in [0.05, 0.1) is 0 Å². The summed E-state index contributed by atoms with van der Waals surface area (Å²) in [7, 11) is 1.50. The van der Waals surface area contributed by atoms with Gasteiger partial charge in [-0.2, -0.15) is 0 Å². The summed E-state index contributed by atoms with van der Waals surface area (Å²) in [4.78, 5) is 0. The molecular weight excluding hydrogens is 104 g/mol. The summed E-state index contributed by atoms with van der Waals surface area (Å²) in [6, 6.07) is 0. The molecule has 0 saturated heterocycles. The van der Waals surface area contributed by atoms with E-state index in [1.165, 1.54) is 0 Å². The lowest BCUT2D eigenvalue weighted by Crippen LogP contribution is -1.53. The Hall–Kier alpha value is 0.434. The number of hydrogen-bond donors (Lipinski definition) is 0. The van der Waals surface area contributed by atoms with Crippen LogP contribution < -0.4 is 0 Å². The fourth-order valence-corrected chi connectivity index (χ4v) is 0. The van der Waals surface area contributed by atoms with Crippen LogP contribution in [0.15, 0.2) is 0 Å². The molecule has 2 heteroatoms. The van der Waals surface area contributed by atoms with Crippen molar-refractivity contribution in [3.63, 3.8) is 0 Å². The fraction of sp³-hybridized carbons (Fsp3) is 1.00. The van der Waals surface area contributed by atoms with Gasteiger partial charge < -0.3 is 0 Å². The Balaban J connectivity index is 0. The predicted molar refractivity (Wildman–Crippen MR) is 37.8 cm³/mol. The van der Waals surface area contributed by atoms with Crippen LogP contribution in [0.1, 0.15) is 0 Å². The highest BCUT2D eigenvalue weighted by molar-refractivity contribution is 6.31. The largest absolute Gasteiger partial charge is 0.0743 e. The average molecular weight is 118 g/mol. The first-order valence-corrected chi connectivity index (χ1v) is 6.93. The van der Waals surface area contributed by atoms with E-state index in [0.717, 1.165) is 19.0 Å². The zero-order chi connectivity index (χ0) is 5.41. The van der Waals surface area contributed by atoms with Crippen molar-refractivity contribution in [1.29, 1.82) is 0 Å². The van der Waals surface area contributed by atoms with Gasteiger partial charge in [0.15, 0.2) is 0 Å². The van der Waals surface area contributed by atoms with E-state index in [-0.39, 0.29) is 0 Å². The topological polar surface area (TPSA) is 0 Å².